The van der Waals surface area contributed by atoms with Gasteiger partial charge in [0.15, 0.2) is 11.9 Å². The molecule has 15 heteroatoms. The average molecular weight is 583 g/mol. The van der Waals surface area contributed by atoms with E-state index in [-0.39, 0.29) is 45.7 Å². The lowest BCUT2D eigenvalue weighted by Gasteiger charge is -2.25. The largest absolute Gasteiger partial charge is 0.416 e. The maximum Gasteiger partial charge on any atom is 0.416 e. The third-order valence-corrected chi connectivity index (χ3v) is 8.30. The lowest BCUT2D eigenvalue weighted by molar-refractivity contribution is -0.137. The lowest BCUT2D eigenvalue weighted by atomic mass is 10.1. The maximum atomic E-state index is 13.5. The van der Waals surface area contributed by atoms with Crippen molar-refractivity contribution in [3.8, 4) is 0 Å². The fourth-order valence-electron chi connectivity index (χ4n) is 4.69. The van der Waals surface area contributed by atoms with Gasteiger partial charge >= 0.3 is 6.18 Å². The Balaban J connectivity index is 1.69. The zero-order chi connectivity index (χ0) is 29.0. The fourth-order valence-corrected chi connectivity index (χ4v) is 5.20. The number of sulfonamides is 1. The Hall–Kier alpha value is -3.59. The molecule has 1 aliphatic heterocycles. The van der Waals surface area contributed by atoms with Crippen molar-refractivity contribution in [3.05, 3.63) is 40.2 Å². The van der Waals surface area contributed by atoms with E-state index in [9.17, 15) is 31.2 Å². The van der Waals surface area contributed by atoms with E-state index in [2.05, 4.69) is 15.6 Å². The molecule has 5 rings (SSSR count). The minimum Gasteiger partial charge on any atom is -0.357 e. The van der Waals surface area contributed by atoms with Crippen LogP contribution in [0.3, 0.4) is 0 Å². The van der Waals surface area contributed by atoms with Crippen LogP contribution in [0, 0.1) is 5.92 Å². The third kappa shape index (κ3) is 5.39. The minimum atomic E-state index is -4.72. The van der Waals surface area contributed by atoms with E-state index in [0.717, 1.165) is 61.5 Å². The van der Waals surface area contributed by atoms with Crippen LogP contribution in [0.1, 0.15) is 43.9 Å². The zero-order valence-electron chi connectivity index (χ0n) is 22.1. The van der Waals surface area contributed by atoms with Crippen LogP contribution in [-0.4, -0.2) is 48.6 Å². The Kier molecular flexibility index (Phi) is 7.06. The molecule has 1 saturated heterocycles. The molecule has 2 fully saturated rings. The van der Waals surface area contributed by atoms with Gasteiger partial charge in [-0.05, 0) is 50.3 Å². The summed E-state index contributed by atoms with van der Waals surface area (Å²) in [6, 6.07) is 4.05. The minimum absolute atomic E-state index is 0.00314. The quantitative estimate of drug-likeness (QED) is 0.432. The van der Waals surface area contributed by atoms with Crippen LogP contribution >= 0.6 is 0 Å². The molecule has 216 valence electrons. The van der Waals surface area contributed by atoms with Gasteiger partial charge in [0.1, 0.15) is 11.2 Å². The van der Waals surface area contributed by atoms with Crippen LogP contribution in [0.15, 0.2) is 29.1 Å². The number of halogens is 3. The highest BCUT2D eigenvalue weighted by molar-refractivity contribution is 7.92. The second-order valence-corrected chi connectivity index (χ2v) is 12.1. The number of pyridine rings is 1. The Morgan fingerprint density at radius 1 is 1.15 bits per heavy atom. The van der Waals surface area contributed by atoms with Crippen molar-refractivity contribution in [3.63, 3.8) is 0 Å². The van der Waals surface area contributed by atoms with E-state index in [1.165, 1.54) is 10.7 Å². The summed E-state index contributed by atoms with van der Waals surface area (Å²) in [5.74, 6) is -0.242. The van der Waals surface area contributed by atoms with E-state index < -0.39 is 33.6 Å². The van der Waals surface area contributed by atoms with Crippen molar-refractivity contribution in [2.75, 3.05) is 34.8 Å². The molecule has 40 heavy (non-hydrogen) atoms. The molecule has 2 N–H and O–H groups in total. The summed E-state index contributed by atoms with van der Waals surface area (Å²) in [6.07, 6.45) is -0.475. The number of carbonyl (C=O) groups is 1. The summed E-state index contributed by atoms with van der Waals surface area (Å²) in [5, 5.41) is 5.82. The summed E-state index contributed by atoms with van der Waals surface area (Å²) >= 11 is 0. The van der Waals surface area contributed by atoms with Gasteiger partial charge in [0.05, 0.1) is 28.9 Å². The van der Waals surface area contributed by atoms with Crippen LogP contribution < -0.4 is 20.5 Å². The standard InChI is InChI=1S/C25H29F3N6O5S/c1-32-24(36)21-17(29-16-10-9-15(25(26,27)28)12-18(16)33(2)40(3,37)38)13-19(31-23(35)14-7-8-14)30-22(21)34(32)20-6-4-5-11-39-20/h9-10,12-14,20H,4-8,11H2,1-3H3,(H2,29,30,31,35). The summed E-state index contributed by atoms with van der Waals surface area (Å²) in [5.41, 5.74) is -1.44. The van der Waals surface area contributed by atoms with Crippen molar-refractivity contribution < 1.29 is 31.1 Å². The predicted octanol–water partition coefficient (Wildman–Crippen LogP) is 3.94. The first kappa shape index (κ1) is 28.0. The number of nitrogens with zero attached hydrogens (tertiary/aromatic N) is 4. The average Bonchev–Trinajstić information content (AvgIpc) is 3.70. The van der Waals surface area contributed by atoms with Gasteiger partial charge in [-0.15, -0.1) is 0 Å². The summed E-state index contributed by atoms with van der Waals surface area (Å²) in [7, 11) is -1.27. The number of ether oxygens (including phenoxy) is 1. The first-order valence-corrected chi connectivity index (χ1v) is 14.6. The predicted molar refractivity (Wildman–Crippen MR) is 143 cm³/mol. The fraction of sp³-hybridized carbons (Fsp3) is 0.480. The zero-order valence-corrected chi connectivity index (χ0v) is 22.9. The number of hydrogen-bond donors (Lipinski definition) is 2. The Morgan fingerprint density at radius 2 is 1.88 bits per heavy atom. The normalized spacial score (nSPS) is 18.1. The first-order valence-electron chi connectivity index (χ1n) is 12.7. The third-order valence-electron chi connectivity index (χ3n) is 7.11. The number of hydrogen-bond acceptors (Lipinski definition) is 7. The van der Waals surface area contributed by atoms with Gasteiger partial charge in [0.25, 0.3) is 5.56 Å². The molecule has 0 radical (unpaired) electrons. The molecule has 0 bridgehead atoms. The molecular formula is C25H29F3N6O5S. The maximum absolute atomic E-state index is 13.5. The van der Waals surface area contributed by atoms with Crippen molar-refractivity contribution >= 4 is 49.8 Å². The van der Waals surface area contributed by atoms with E-state index in [0.29, 0.717) is 13.0 Å². The second kappa shape index (κ2) is 10.1. The molecule has 1 saturated carbocycles. The molecule has 11 nitrogen and oxygen atoms in total. The number of benzene rings is 1. The highest BCUT2D eigenvalue weighted by atomic mass is 32.2. The van der Waals surface area contributed by atoms with Crippen molar-refractivity contribution in [2.24, 2.45) is 13.0 Å². The highest BCUT2D eigenvalue weighted by Gasteiger charge is 2.33. The van der Waals surface area contributed by atoms with Gasteiger partial charge in [-0.25, -0.2) is 22.8 Å². The molecule has 1 amide bonds. The van der Waals surface area contributed by atoms with Crippen LogP contribution in [-0.2, 0) is 32.8 Å². The van der Waals surface area contributed by atoms with Gasteiger partial charge in [-0.1, -0.05) is 0 Å². The summed E-state index contributed by atoms with van der Waals surface area (Å²) < 4.78 is 74.8. The van der Waals surface area contributed by atoms with E-state index >= 15 is 0 Å². The smallest absolute Gasteiger partial charge is 0.357 e. The number of anilines is 4. The van der Waals surface area contributed by atoms with Crippen molar-refractivity contribution in [2.45, 2.75) is 44.5 Å². The topological polar surface area (TPSA) is 128 Å². The van der Waals surface area contributed by atoms with Crippen molar-refractivity contribution in [1.29, 1.82) is 0 Å². The molecule has 1 aromatic carbocycles. The number of amides is 1. The Labute approximate surface area is 227 Å². The van der Waals surface area contributed by atoms with E-state index in [1.807, 2.05) is 0 Å². The Bertz CT molecular complexity index is 1640. The van der Waals surface area contributed by atoms with Crippen LogP contribution in [0.2, 0.25) is 0 Å². The number of carbonyl (C=O) groups excluding carboxylic acids is 1. The number of fused-ring (bicyclic) bond motifs is 1. The van der Waals surface area contributed by atoms with E-state index in [4.69, 9.17) is 4.74 Å². The molecule has 1 aliphatic carbocycles. The number of nitrogens with one attached hydrogen (secondary N) is 2. The first-order chi connectivity index (χ1) is 18.8. The van der Waals surface area contributed by atoms with Crippen LogP contribution in [0.4, 0.5) is 36.1 Å². The van der Waals surface area contributed by atoms with Gasteiger partial charge in [-0.3, -0.25) is 13.9 Å². The molecule has 3 heterocycles. The number of alkyl halides is 3. The molecule has 1 atom stereocenters. The van der Waals surface area contributed by atoms with Gasteiger partial charge < -0.3 is 15.4 Å². The molecule has 2 aliphatic rings. The van der Waals surface area contributed by atoms with E-state index in [1.54, 1.807) is 11.7 Å². The number of rotatable bonds is 7. The van der Waals surface area contributed by atoms with Gasteiger partial charge in [0, 0.05) is 32.7 Å². The second-order valence-electron chi connectivity index (χ2n) is 10.1. The molecule has 0 spiro atoms. The lowest BCUT2D eigenvalue weighted by Crippen LogP contribution is -2.27. The summed E-state index contributed by atoms with van der Waals surface area (Å²) in [4.78, 5) is 30.6. The monoisotopic (exact) mass is 582 g/mol. The summed E-state index contributed by atoms with van der Waals surface area (Å²) in [6.45, 7) is 0.495. The number of aromatic nitrogens is 3. The van der Waals surface area contributed by atoms with Crippen LogP contribution in [0.25, 0.3) is 11.0 Å². The SMILES string of the molecule is CN(c1cc(C(F)(F)F)ccc1Nc1cc(NC(=O)C2CC2)nc2c1c(=O)n(C)n2C1CCCCO1)S(C)(=O)=O. The van der Waals surface area contributed by atoms with Gasteiger partial charge in [-0.2, -0.15) is 13.2 Å². The Morgan fingerprint density at radius 3 is 2.48 bits per heavy atom. The molecule has 1 unspecified atom stereocenters. The van der Waals surface area contributed by atoms with Crippen molar-refractivity contribution in [1.82, 2.24) is 14.3 Å². The van der Waals surface area contributed by atoms with Gasteiger partial charge in [0.2, 0.25) is 15.9 Å². The van der Waals surface area contributed by atoms with Crippen LogP contribution in [0.5, 0.6) is 0 Å². The molecule has 3 aromatic rings. The molecular weight excluding hydrogens is 553 g/mol. The molecule has 2 aromatic heterocycles. The highest BCUT2D eigenvalue weighted by Crippen LogP contribution is 2.39.